The Kier molecular flexibility index (Phi) is 5.43. The van der Waals surface area contributed by atoms with Crippen LogP contribution in [-0.2, 0) is 0 Å². The third-order valence-corrected chi connectivity index (χ3v) is 3.75. The van der Waals surface area contributed by atoms with E-state index in [0.29, 0.717) is 31.4 Å². The molecule has 1 aliphatic carbocycles. The lowest BCUT2D eigenvalue weighted by Crippen LogP contribution is -2.41. The average molecular weight is 312 g/mol. The molecule has 0 heterocycles. The summed E-state index contributed by atoms with van der Waals surface area (Å²) in [7, 11) is 2.85. The number of halogens is 1. The number of methoxy groups -OCH3 is 2. The molecule has 0 saturated heterocycles. The fourth-order valence-electron chi connectivity index (χ4n) is 2.51. The van der Waals surface area contributed by atoms with Crippen molar-refractivity contribution in [3.63, 3.8) is 0 Å². The van der Waals surface area contributed by atoms with Gasteiger partial charge in [-0.25, -0.2) is 9.18 Å². The summed E-state index contributed by atoms with van der Waals surface area (Å²) in [5.74, 6) is -0.0147. The molecule has 0 bridgehead atoms. The maximum absolute atomic E-state index is 13.9. The standard InChI is InChI=1S/C15H21FN2O4/c1-21-13-7-11(16)12(8-14(13)22-2)18-15(20)17-9-3-5-10(19)6-4-9/h7-10,19H,3-6H2,1-2H3,(H2,17,18,20). The normalized spacial score (nSPS) is 21.1. The topological polar surface area (TPSA) is 79.8 Å². The van der Waals surface area contributed by atoms with Gasteiger partial charge < -0.3 is 25.2 Å². The van der Waals surface area contributed by atoms with Crippen molar-refractivity contribution >= 4 is 11.7 Å². The molecule has 1 aromatic carbocycles. The van der Waals surface area contributed by atoms with Crippen molar-refractivity contribution in [2.24, 2.45) is 0 Å². The largest absolute Gasteiger partial charge is 0.493 e. The Morgan fingerprint density at radius 3 is 2.36 bits per heavy atom. The second-order valence-electron chi connectivity index (χ2n) is 5.29. The van der Waals surface area contributed by atoms with Gasteiger partial charge in [0.25, 0.3) is 0 Å². The Hall–Kier alpha value is -2.02. The highest BCUT2D eigenvalue weighted by Gasteiger charge is 2.21. The molecule has 7 heteroatoms. The fraction of sp³-hybridized carbons (Fsp3) is 0.533. The minimum Gasteiger partial charge on any atom is -0.493 e. The number of ether oxygens (including phenoxy) is 2. The van der Waals surface area contributed by atoms with Gasteiger partial charge in [0.15, 0.2) is 17.3 Å². The second kappa shape index (κ2) is 7.31. The maximum Gasteiger partial charge on any atom is 0.319 e. The van der Waals surface area contributed by atoms with Crippen molar-refractivity contribution in [2.45, 2.75) is 37.8 Å². The van der Waals surface area contributed by atoms with E-state index >= 15 is 0 Å². The summed E-state index contributed by atoms with van der Waals surface area (Å²) >= 11 is 0. The number of urea groups is 1. The van der Waals surface area contributed by atoms with E-state index in [1.165, 1.54) is 20.3 Å². The Bertz CT molecular complexity index is 531. The molecule has 3 N–H and O–H groups in total. The molecule has 1 fully saturated rings. The molecule has 2 amide bonds. The number of benzene rings is 1. The third-order valence-electron chi connectivity index (χ3n) is 3.75. The number of nitrogens with one attached hydrogen (secondary N) is 2. The highest BCUT2D eigenvalue weighted by atomic mass is 19.1. The highest BCUT2D eigenvalue weighted by molar-refractivity contribution is 5.90. The lowest BCUT2D eigenvalue weighted by molar-refractivity contribution is 0.118. The zero-order valence-electron chi connectivity index (χ0n) is 12.7. The Balaban J connectivity index is 1.99. The van der Waals surface area contributed by atoms with Crippen LogP contribution in [0.4, 0.5) is 14.9 Å². The summed E-state index contributed by atoms with van der Waals surface area (Å²) in [4.78, 5) is 11.9. The summed E-state index contributed by atoms with van der Waals surface area (Å²) in [6, 6.07) is 2.04. The average Bonchev–Trinajstić information content (AvgIpc) is 2.51. The molecule has 1 aliphatic rings. The Labute approximate surface area is 128 Å². The minimum atomic E-state index is -0.605. The van der Waals surface area contributed by atoms with Gasteiger partial charge in [-0.05, 0) is 25.7 Å². The van der Waals surface area contributed by atoms with Crippen LogP contribution < -0.4 is 20.1 Å². The van der Waals surface area contributed by atoms with Crippen LogP contribution >= 0.6 is 0 Å². The summed E-state index contributed by atoms with van der Waals surface area (Å²) in [5.41, 5.74) is 0.0194. The van der Waals surface area contributed by atoms with Crippen molar-refractivity contribution in [1.29, 1.82) is 0 Å². The summed E-state index contributed by atoms with van der Waals surface area (Å²) in [5, 5.41) is 14.7. The summed E-state index contributed by atoms with van der Waals surface area (Å²) in [6.45, 7) is 0. The van der Waals surface area contributed by atoms with Crippen LogP contribution in [-0.4, -0.2) is 37.5 Å². The molecular weight excluding hydrogens is 291 g/mol. The number of carbonyl (C=O) groups excluding carboxylic acids is 1. The van der Waals surface area contributed by atoms with Crippen molar-refractivity contribution in [3.05, 3.63) is 17.9 Å². The smallest absolute Gasteiger partial charge is 0.319 e. The zero-order chi connectivity index (χ0) is 16.1. The molecule has 22 heavy (non-hydrogen) atoms. The number of carbonyl (C=O) groups is 1. The fourth-order valence-corrected chi connectivity index (χ4v) is 2.51. The van der Waals surface area contributed by atoms with E-state index < -0.39 is 11.8 Å². The molecule has 122 valence electrons. The van der Waals surface area contributed by atoms with Gasteiger partial charge in [-0.1, -0.05) is 0 Å². The van der Waals surface area contributed by atoms with Crippen LogP contribution in [0.1, 0.15) is 25.7 Å². The molecular formula is C15H21FN2O4. The van der Waals surface area contributed by atoms with E-state index in [1.54, 1.807) is 0 Å². The molecule has 6 nitrogen and oxygen atoms in total. The quantitative estimate of drug-likeness (QED) is 0.797. The highest BCUT2D eigenvalue weighted by Crippen LogP contribution is 2.32. The van der Waals surface area contributed by atoms with E-state index in [4.69, 9.17) is 9.47 Å². The van der Waals surface area contributed by atoms with Crippen LogP contribution in [0.5, 0.6) is 11.5 Å². The number of amides is 2. The first-order chi connectivity index (χ1) is 10.5. The lowest BCUT2D eigenvalue weighted by atomic mass is 9.93. The van der Waals surface area contributed by atoms with E-state index in [1.807, 2.05) is 0 Å². The maximum atomic E-state index is 13.9. The monoisotopic (exact) mass is 312 g/mol. The number of rotatable bonds is 4. The van der Waals surface area contributed by atoms with Gasteiger partial charge in [0.05, 0.1) is 26.0 Å². The zero-order valence-corrected chi connectivity index (χ0v) is 12.7. The van der Waals surface area contributed by atoms with Gasteiger partial charge in [-0.15, -0.1) is 0 Å². The second-order valence-corrected chi connectivity index (χ2v) is 5.29. The molecule has 2 rings (SSSR count). The predicted octanol–water partition coefficient (Wildman–Crippen LogP) is 2.27. The molecule has 0 radical (unpaired) electrons. The van der Waals surface area contributed by atoms with Crippen LogP contribution in [0.3, 0.4) is 0 Å². The van der Waals surface area contributed by atoms with Crippen LogP contribution in [0.15, 0.2) is 12.1 Å². The first kappa shape index (κ1) is 16.4. The molecule has 1 aromatic rings. The van der Waals surface area contributed by atoms with Gasteiger partial charge in [-0.2, -0.15) is 0 Å². The van der Waals surface area contributed by atoms with Gasteiger partial charge in [-0.3, -0.25) is 0 Å². The van der Waals surface area contributed by atoms with Crippen LogP contribution in [0.2, 0.25) is 0 Å². The van der Waals surface area contributed by atoms with Crippen molar-refractivity contribution in [1.82, 2.24) is 5.32 Å². The van der Waals surface area contributed by atoms with E-state index in [-0.39, 0.29) is 23.6 Å². The Morgan fingerprint density at radius 2 is 1.77 bits per heavy atom. The van der Waals surface area contributed by atoms with Gasteiger partial charge in [0.2, 0.25) is 0 Å². The molecule has 0 aliphatic heterocycles. The number of anilines is 1. The number of aliphatic hydroxyl groups is 1. The molecule has 0 unspecified atom stereocenters. The van der Waals surface area contributed by atoms with Crippen LogP contribution in [0.25, 0.3) is 0 Å². The van der Waals surface area contributed by atoms with Gasteiger partial charge in [0, 0.05) is 18.2 Å². The molecule has 1 saturated carbocycles. The SMILES string of the molecule is COc1cc(F)c(NC(=O)NC2CCC(O)CC2)cc1OC. The van der Waals surface area contributed by atoms with Gasteiger partial charge in [0.1, 0.15) is 0 Å². The first-order valence-corrected chi connectivity index (χ1v) is 7.20. The Morgan fingerprint density at radius 1 is 1.18 bits per heavy atom. The van der Waals surface area contributed by atoms with Crippen molar-refractivity contribution in [3.8, 4) is 11.5 Å². The summed E-state index contributed by atoms with van der Waals surface area (Å²) in [6.07, 6.45) is 2.46. The van der Waals surface area contributed by atoms with E-state index in [0.717, 1.165) is 6.07 Å². The van der Waals surface area contributed by atoms with Crippen molar-refractivity contribution < 1.29 is 23.8 Å². The van der Waals surface area contributed by atoms with Crippen LogP contribution in [0, 0.1) is 5.82 Å². The molecule has 0 aromatic heterocycles. The first-order valence-electron chi connectivity index (χ1n) is 7.20. The number of hydrogen-bond acceptors (Lipinski definition) is 4. The lowest BCUT2D eigenvalue weighted by Gasteiger charge is -2.26. The number of aliphatic hydroxyl groups excluding tert-OH is 1. The summed E-state index contributed by atoms with van der Waals surface area (Å²) < 4.78 is 24.0. The molecule has 0 spiro atoms. The molecule has 0 atom stereocenters. The number of hydrogen-bond donors (Lipinski definition) is 3. The van der Waals surface area contributed by atoms with E-state index in [9.17, 15) is 14.3 Å². The third kappa shape index (κ3) is 4.00. The van der Waals surface area contributed by atoms with E-state index in [2.05, 4.69) is 10.6 Å². The van der Waals surface area contributed by atoms with Crippen molar-refractivity contribution in [2.75, 3.05) is 19.5 Å². The van der Waals surface area contributed by atoms with Gasteiger partial charge >= 0.3 is 6.03 Å². The minimum absolute atomic E-state index is 0.00777. The predicted molar refractivity (Wildman–Crippen MR) is 79.9 cm³/mol.